The molecule has 2 heteroatoms. The molecule has 0 unspecified atom stereocenters. The molecule has 0 heterocycles. The fourth-order valence-corrected chi connectivity index (χ4v) is 7.00. The lowest BCUT2D eigenvalue weighted by atomic mass is 10.0. The van der Waals surface area contributed by atoms with Gasteiger partial charge in [-0.1, -0.05) is 182 Å². The molecule has 0 bridgehead atoms. The molecule has 0 aliphatic heterocycles. The summed E-state index contributed by atoms with van der Waals surface area (Å²) < 4.78 is 1.48. The van der Waals surface area contributed by atoms with Gasteiger partial charge in [0.05, 0.1) is 26.2 Å². The van der Waals surface area contributed by atoms with Crippen molar-refractivity contribution in [1.29, 1.82) is 0 Å². The van der Waals surface area contributed by atoms with Crippen molar-refractivity contribution in [3.63, 3.8) is 0 Å². The summed E-state index contributed by atoms with van der Waals surface area (Å²) in [7, 11) is 0. The highest BCUT2D eigenvalue weighted by Gasteiger charge is 2.25. The van der Waals surface area contributed by atoms with Crippen LogP contribution in [0.25, 0.3) is 0 Å². The molecule has 0 aromatic carbocycles. The van der Waals surface area contributed by atoms with E-state index in [9.17, 15) is 0 Å². The minimum atomic E-state index is 0. The molecular weight excluding hydrogens is 621 g/mol. The lowest BCUT2D eigenvalue weighted by Crippen LogP contribution is -3.00. The molecule has 1 nitrogen and oxygen atoms in total. The smallest absolute Gasteiger partial charge is 0.0786 e. The van der Waals surface area contributed by atoms with Gasteiger partial charge >= 0.3 is 0 Å². The SMILES string of the molecule is CCCCCCCCCCCCCC[N+](CCCCCC)(CCCCCC)CCCCCCCCCCCCCC.[I-]. The van der Waals surface area contributed by atoms with Crippen molar-refractivity contribution in [3.05, 3.63) is 0 Å². The van der Waals surface area contributed by atoms with Crippen molar-refractivity contribution >= 4 is 0 Å². The summed E-state index contributed by atoms with van der Waals surface area (Å²) in [6, 6.07) is 0. The Morgan fingerprint density at radius 1 is 0.214 bits per heavy atom. The standard InChI is InChI=1S/C40H84N.HI/c1-5-9-13-17-19-21-23-25-27-29-31-35-39-41(37-33-15-11-7-3,38-34-16-12-8-4)40-36-32-30-28-26-24-22-20-18-14-10-6-2;/h5-40H2,1-4H3;1H/q+1;/p-1. The summed E-state index contributed by atoms with van der Waals surface area (Å²) in [6.45, 7) is 15.3. The molecule has 0 aromatic rings. The van der Waals surface area contributed by atoms with Crippen LogP contribution in [-0.2, 0) is 0 Å². The van der Waals surface area contributed by atoms with Crippen molar-refractivity contribution in [2.24, 2.45) is 0 Å². The van der Waals surface area contributed by atoms with Gasteiger partial charge in [-0.25, -0.2) is 0 Å². The first-order valence-corrected chi connectivity index (χ1v) is 20.1. The number of hydrogen-bond acceptors (Lipinski definition) is 0. The normalized spacial score (nSPS) is 11.7. The first-order chi connectivity index (χ1) is 20.2. The summed E-state index contributed by atoms with van der Waals surface area (Å²) in [5, 5.41) is 0. The van der Waals surface area contributed by atoms with Gasteiger partial charge < -0.3 is 28.5 Å². The number of nitrogens with zero attached hydrogens (tertiary/aromatic N) is 1. The molecule has 0 fully saturated rings. The van der Waals surface area contributed by atoms with E-state index in [-0.39, 0.29) is 24.0 Å². The van der Waals surface area contributed by atoms with Crippen molar-refractivity contribution in [1.82, 2.24) is 0 Å². The Morgan fingerprint density at radius 2 is 0.357 bits per heavy atom. The fraction of sp³-hybridized carbons (Fsp3) is 1.00. The van der Waals surface area contributed by atoms with E-state index in [0.29, 0.717) is 0 Å². The molecule has 0 amide bonds. The van der Waals surface area contributed by atoms with Crippen molar-refractivity contribution < 1.29 is 28.5 Å². The van der Waals surface area contributed by atoms with Crippen molar-refractivity contribution in [3.8, 4) is 0 Å². The van der Waals surface area contributed by atoms with Gasteiger partial charge in [0.25, 0.3) is 0 Å². The maximum Gasteiger partial charge on any atom is 0.0786 e. The largest absolute Gasteiger partial charge is 1.00 e. The lowest BCUT2D eigenvalue weighted by Gasteiger charge is -2.39. The number of unbranched alkanes of at least 4 members (excludes halogenated alkanes) is 28. The maximum absolute atomic E-state index is 2.37. The quantitative estimate of drug-likeness (QED) is 0.0346. The van der Waals surface area contributed by atoms with Crippen LogP contribution >= 0.6 is 0 Å². The minimum absolute atomic E-state index is 0. The molecule has 0 saturated carbocycles. The average Bonchev–Trinajstić information content (AvgIpc) is 2.98. The molecule has 0 atom stereocenters. The van der Waals surface area contributed by atoms with Crippen molar-refractivity contribution in [2.75, 3.05) is 26.2 Å². The van der Waals surface area contributed by atoms with Gasteiger partial charge in [-0.15, -0.1) is 0 Å². The highest BCUT2D eigenvalue weighted by molar-refractivity contribution is 4.55. The molecule has 256 valence electrons. The number of halogens is 1. The number of rotatable bonds is 36. The van der Waals surface area contributed by atoms with Gasteiger partial charge in [0.1, 0.15) is 0 Å². The van der Waals surface area contributed by atoms with Gasteiger partial charge in [0.15, 0.2) is 0 Å². The molecule has 0 aliphatic rings. The van der Waals surface area contributed by atoms with Gasteiger partial charge in [0.2, 0.25) is 0 Å². The topological polar surface area (TPSA) is 0 Å². The Hall–Kier alpha value is 0.690. The van der Waals surface area contributed by atoms with Crippen LogP contribution in [0.5, 0.6) is 0 Å². The van der Waals surface area contributed by atoms with Crippen LogP contribution in [-0.4, -0.2) is 30.7 Å². The van der Waals surface area contributed by atoms with Crippen LogP contribution in [0.15, 0.2) is 0 Å². The van der Waals surface area contributed by atoms with Gasteiger partial charge in [-0.2, -0.15) is 0 Å². The molecule has 0 N–H and O–H groups in total. The summed E-state index contributed by atoms with van der Waals surface area (Å²) in [4.78, 5) is 0. The zero-order chi connectivity index (χ0) is 30.0. The second-order valence-corrected chi connectivity index (χ2v) is 14.1. The molecular formula is C40H84IN. The maximum atomic E-state index is 2.37. The Labute approximate surface area is 286 Å². The van der Waals surface area contributed by atoms with Crippen LogP contribution in [0, 0.1) is 0 Å². The lowest BCUT2D eigenvalue weighted by molar-refractivity contribution is -0.929. The van der Waals surface area contributed by atoms with E-state index < -0.39 is 0 Å². The number of quaternary nitrogens is 1. The summed E-state index contributed by atoms with van der Waals surface area (Å²) in [5.41, 5.74) is 0. The van der Waals surface area contributed by atoms with Gasteiger partial charge in [0, 0.05) is 0 Å². The van der Waals surface area contributed by atoms with Crippen molar-refractivity contribution in [2.45, 2.75) is 233 Å². The van der Waals surface area contributed by atoms with E-state index in [0.717, 1.165) is 0 Å². The molecule has 0 aliphatic carbocycles. The van der Waals surface area contributed by atoms with E-state index in [1.165, 1.54) is 236 Å². The van der Waals surface area contributed by atoms with E-state index in [1.807, 2.05) is 0 Å². The third-order valence-corrected chi connectivity index (χ3v) is 9.94. The molecule has 0 saturated heterocycles. The van der Waals surface area contributed by atoms with Crippen LogP contribution < -0.4 is 24.0 Å². The van der Waals surface area contributed by atoms with E-state index in [4.69, 9.17) is 0 Å². The van der Waals surface area contributed by atoms with Gasteiger partial charge in [-0.05, 0) is 51.4 Å². The minimum Gasteiger partial charge on any atom is -1.00 e. The van der Waals surface area contributed by atoms with E-state index in [1.54, 1.807) is 0 Å². The third-order valence-electron chi connectivity index (χ3n) is 9.94. The number of hydrogen-bond donors (Lipinski definition) is 0. The van der Waals surface area contributed by atoms with Crippen LogP contribution in [0.4, 0.5) is 0 Å². The monoisotopic (exact) mass is 706 g/mol. The predicted molar refractivity (Wildman–Crippen MR) is 190 cm³/mol. The highest BCUT2D eigenvalue weighted by atomic mass is 127. The predicted octanol–water partition coefficient (Wildman–Crippen LogP) is 11.4. The second kappa shape index (κ2) is 37.9. The third kappa shape index (κ3) is 32.1. The molecule has 0 rings (SSSR count). The van der Waals surface area contributed by atoms with E-state index in [2.05, 4.69) is 27.7 Å². The Kier molecular flexibility index (Phi) is 40.4. The Bertz CT molecular complexity index is 423. The first-order valence-electron chi connectivity index (χ1n) is 20.1. The van der Waals surface area contributed by atoms with E-state index >= 15 is 0 Å². The van der Waals surface area contributed by atoms with Crippen LogP contribution in [0.3, 0.4) is 0 Å². The summed E-state index contributed by atoms with van der Waals surface area (Å²) in [6.07, 6.45) is 46.7. The summed E-state index contributed by atoms with van der Waals surface area (Å²) >= 11 is 0. The molecule has 0 aromatic heterocycles. The average molecular weight is 706 g/mol. The zero-order valence-corrected chi connectivity index (χ0v) is 32.4. The molecule has 42 heavy (non-hydrogen) atoms. The zero-order valence-electron chi connectivity index (χ0n) is 30.3. The highest BCUT2D eigenvalue weighted by Crippen LogP contribution is 2.21. The first kappa shape index (κ1) is 44.8. The van der Waals surface area contributed by atoms with Crippen LogP contribution in [0.1, 0.15) is 233 Å². The fourth-order valence-electron chi connectivity index (χ4n) is 7.00. The Morgan fingerprint density at radius 3 is 0.548 bits per heavy atom. The van der Waals surface area contributed by atoms with Gasteiger partial charge in [-0.3, -0.25) is 0 Å². The molecule has 0 radical (unpaired) electrons. The van der Waals surface area contributed by atoms with Crippen LogP contribution in [0.2, 0.25) is 0 Å². The Balaban J connectivity index is 0. The molecule has 0 spiro atoms. The second-order valence-electron chi connectivity index (χ2n) is 14.1. The summed E-state index contributed by atoms with van der Waals surface area (Å²) in [5.74, 6) is 0.